The summed E-state index contributed by atoms with van der Waals surface area (Å²) in [6, 6.07) is 20.7. The van der Waals surface area contributed by atoms with Gasteiger partial charge >= 0.3 is 0 Å². The van der Waals surface area contributed by atoms with Gasteiger partial charge in [0.05, 0.1) is 18.1 Å². The molecule has 2 amide bonds. The van der Waals surface area contributed by atoms with E-state index >= 15 is 0 Å². The molecule has 8 heteroatoms. The SMILES string of the molecule is COc1ccc(C(=O)NC(C(=O)Nc2ccc3nc(C4CCNCC4)[nH]c3c2)c2ccccc2)cc1. The highest BCUT2D eigenvalue weighted by atomic mass is 16.5. The Morgan fingerprint density at radius 1 is 1.00 bits per heavy atom. The molecule has 4 N–H and O–H groups in total. The molecule has 5 rings (SSSR count). The minimum Gasteiger partial charge on any atom is -0.497 e. The second-order valence-corrected chi connectivity index (χ2v) is 8.91. The molecule has 8 nitrogen and oxygen atoms in total. The number of aromatic nitrogens is 2. The smallest absolute Gasteiger partial charge is 0.252 e. The van der Waals surface area contributed by atoms with Crippen LogP contribution in [-0.4, -0.2) is 42.0 Å². The van der Waals surface area contributed by atoms with E-state index in [0.29, 0.717) is 28.5 Å². The average Bonchev–Trinajstić information content (AvgIpc) is 3.36. The summed E-state index contributed by atoms with van der Waals surface area (Å²) >= 11 is 0. The van der Waals surface area contributed by atoms with Crippen LogP contribution in [0.4, 0.5) is 5.69 Å². The first kappa shape index (κ1) is 23.6. The molecule has 0 saturated carbocycles. The second-order valence-electron chi connectivity index (χ2n) is 8.91. The molecule has 36 heavy (non-hydrogen) atoms. The highest BCUT2D eigenvalue weighted by Gasteiger charge is 2.24. The van der Waals surface area contributed by atoms with Crippen LogP contribution in [0.25, 0.3) is 11.0 Å². The fourth-order valence-corrected chi connectivity index (χ4v) is 4.51. The molecule has 3 aromatic carbocycles. The predicted octanol–water partition coefficient (Wildman–Crippen LogP) is 4.15. The topological polar surface area (TPSA) is 108 Å². The van der Waals surface area contributed by atoms with Gasteiger partial charge in [-0.25, -0.2) is 4.98 Å². The third kappa shape index (κ3) is 5.23. The van der Waals surface area contributed by atoms with Crippen molar-refractivity contribution in [3.05, 3.63) is 89.7 Å². The number of hydrogen-bond donors (Lipinski definition) is 4. The minimum absolute atomic E-state index is 0.333. The molecule has 2 heterocycles. The lowest BCUT2D eigenvalue weighted by atomic mass is 9.98. The molecule has 0 spiro atoms. The fourth-order valence-electron chi connectivity index (χ4n) is 4.51. The molecular weight excluding hydrogens is 454 g/mol. The number of amides is 2. The van der Waals surface area contributed by atoms with E-state index in [0.717, 1.165) is 42.8 Å². The molecule has 1 aliphatic heterocycles. The Morgan fingerprint density at radius 3 is 2.47 bits per heavy atom. The Balaban J connectivity index is 1.35. The van der Waals surface area contributed by atoms with E-state index < -0.39 is 6.04 Å². The number of piperidine rings is 1. The summed E-state index contributed by atoms with van der Waals surface area (Å²) in [6.07, 6.45) is 2.10. The summed E-state index contributed by atoms with van der Waals surface area (Å²) in [6.45, 7) is 1.98. The maximum Gasteiger partial charge on any atom is 0.252 e. The van der Waals surface area contributed by atoms with Crippen molar-refractivity contribution in [3.63, 3.8) is 0 Å². The minimum atomic E-state index is -0.872. The number of aromatic amines is 1. The van der Waals surface area contributed by atoms with Gasteiger partial charge in [-0.15, -0.1) is 0 Å². The van der Waals surface area contributed by atoms with E-state index in [9.17, 15) is 9.59 Å². The molecule has 1 saturated heterocycles. The van der Waals surface area contributed by atoms with Crippen LogP contribution < -0.4 is 20.7 Å². The molecule has 1 aromatic heterocycles. The molecule has 184 valence electrons. The van der Waals surface area contributed by atoms with Crippen molar-refractivity contribution in [2.75, 3.05) is 25.5 Å². The van der Waals surface area contributed by atoms with Gasteiger partial charge in [0.2, 0.25) is 0 Å². The number of rotatable bonds is 7. The van der Waals surface area contributed by atoms with Crippen molar-refractivity contribution < 1.29 is 14.3 Å². The largest absolute Gasteiger partial charge is 0.497 e. The van der Waals surface area contributed by atoms with E-state index in [1.165, 1.54) is 0 Å². The molecule has 4 aromatic rings. The lowest BCUT2D eigenvalue weighted by molar-refractivity contribution is -0.118. The Labute approximate surface area is 209 Å². The summed E-state index contributed by atoms with van der Waals surface area (Å²) in [4.78, 5) is 34.5. The van der Waals surface area contributed by atoms with Gasteiger partial charge in [-0.3, -0.25) is 9.59 Å². The fraction of sp³-hybridized carbons (Fsp3) is 0.250. The van der Waals surface area contributed by atoms with Gasteiger partial charge in [-0.2, -0.15) is 0 Å². The number of carbonyl (C=O) groups is 2. The maximum atomic E-state index is 13.4. The molecular formula is C28H29N5O3. The Bertz CT molecular complexity index is 1340. The predicted molar refractivity (Wildman–Crippen MR) is 139 cm³/mol. The van der Waals surface area contributed by atoms with Crippen LogP contribution in [0.15, 0.2) is 72.8 Å². The highest BCUT2D eigenvalue weighted by molar-refractivity contribution is 6.02. The zero-order chi connectivity index (χ0) is 24.9. The lowest BCUT2D eigenvalue weighted by Crippen LogP contribution is -2.37. The highest BCUT2D eigenvalue weighted by Crippen LogP contribution is 2.27. The summed E-state index contributed by atoms with van der Waals surface area (Å²) in [5, 5.41) is 9.22. The second kappa shape index (κ2) is 10.6. The molecule has 1 aliphatic rings. The Kier molecular flexibility index (Phi) is 6.95. The van der Waals surface area contributed by atoms with Gasteiger partial charge in [0, 0.05) is 17.2 Å². The van der Waals surface area contributed by atoms with Crippen LogP contribution in [0, 0.1) is 0 Å². The van der Waals surface area contributed by atoms with Crippen LogP contribution in [-0.2, 0) is 4.79 Å². The van der Waals surface area contributed by atoms with E-state index in [4.69, 9.17) is 9.72 Å². The van der Waals surface area contributed by atoms with E-state index in [1.54, 1.807) is 31.4 Å². The molecule has 0 radical (unpaired) electrons. The third-order valence-electron chi connectivity index (χ3n) is 6.52. The van der Waals surface area contributed by atoms with Crippen LogP contribution in [0.2, 0.25) is 0 Å². The number of H-pyrrole nitrogens is 1. The number of methoxy groups -OCH3 is 1. The van der Waals surface area contributed by atoms with Crippen molar-refractivity contribution in [1.29, 1.82) is 0 Å². The number of imidazole rings is 1. The van der Waals surface area contributed by atoms with E-state index in [1.807, 2.05) is 48.5 Å². The molecule has 0 aliphatic carbocycles. The number of fused-ring (bicyclic) bond motifs is 1. The van der Waals surface area contributed by atoms with Crippen LogP contribution in [0.5, 0.6) is 5.75 Å². The van der Waals surface area contributed by atoms with E-state index in [-0.39, 0.29) is 11.8 Å². The number of nitrogens with one attached hydrogen (secondary N) is 4. The lowest BCUT2D eigenvalue weighted by Gasteiger charge is -2.20. The van der Waals surface area contributed by atoms with Crippen molar-refractivity contribution in [1.82, 2.24) is 20.6 Å². The van der Waals surface area contributed by atoms with Crippen molar-refractivity contribution in [2.24, 2.45) is 0 Å². The van der Waals surface area contributed by atoms with Gasteiger partial charge in [0.15, 0.2) is 0 Å². The van der Waals surface area contributed by atoms with E-state index in [2.05, 4.69) is 20.9 Å². The third-order valence-corrected chi connectivity index (χ3v) is 6.52. The van der Waals surface area contributed by atoms with Gasteiger partial charge < -0.3 is 25.7 Å². The number of nitrogens with zero attached hydrogens (tertiary/aromatic N) is 1. The first-order valence-electron chi connectivity index (χ1n) is 12.1. The van der Waals surface area contributed by atoms with Crippen LogP contribution >= 0.6 is 0 Å². The molecule has 1 fully saturated rings. The Morgan fingerprint density at radius 2 is 1.75 bits per heavy atom. The quantitative estimate of drug-likeness (QED) is 0.316. The molecule has 1 unspecified atom stereocenters. The zero-order valence-electron chi connectivity index (χ0n) is 20.1. The van der Waals surface area contributed by atoms with Gasteiger partial charge in [0.1, 0.15) is 17.6 Å². The number of anilines is 1. The summed E-state index contributed by atoms with van der Waals surface area (Å²) in [5.41, 5.74) is 3.50. The number of carbonyl (C=O) groups excluding carboxylic acids is 2. The first-order chi connectivity index (χ1) is 17.6. The van der Waals surface area contributed by atoms with Gasteiger partial charge in [-0.1, -0.05) is 30.3 Å². The molecule has 0 bridgehead atoms. The Hall–Kier alpha value is -4.17. The van der Waals surface area contributed by atoms with Crippen molar-refractivity contribution in [3.8, 4) is 5.75 Å². The van der Waals surface area contributed by atoms with Crippen molar-refractivity contribution in [2.45, 2.75) is 24.8 Å². The van der Waals surface area contributed by atoms with Crippen molar-refractivity contribution >= 4 is 28.5 Å². The number of ether oxygens (including phenoxy) is 1. The average molecular weight is 484 g/mol. The van der Waals surface area contributed by atoms with Crippen LogP contribution in [0.1, 0.15) is 46.5 Å². The van der Waals surface area contributed by atoms with Gasteiger partial charge in [-0.05, 0) is 74.0 Å². The van der Waals surface area contributed by atoms with Crippen LogP contribution in [0.3, 0.4) is 0 Å². The normalized spacial score (nSPS) is 14.8. The van der Waals surface area contributed by atoms with Gasteiger partial charge in [0.25, 0.3) is 11.8 Å². The maximum absolute atomic E-state index is 13.4. The summed E-state index contributed by atoms with van der Waals surface area (Å²) in [7, 11) is 1.57. The monoisotopic (exact) mass is 483 g/mol. The summed E-state index contributed by atoms with van der Waals surface area (Å²) in [5.74, 6) is 1.37. The standard InChI is InChI=1S/C28H29N5O3/c1-36-22-10-7-20(8-11-22)27(34)33-25(18-5-3-2-4-6-18)28(35)30-21-9-12-23-24(17-21)32-26(31-23)19-13-15-29-16-14-19/h2-12,17,19,25,29H,13-16H2,1H3,(H,30,35)(H,31,32)(H,33,34). The molecule has 1 atom stereocenters. The first-order valence-corrected chi connectivity index (χ1v) is 12.1. The number of benzene rings is 3. The summed E-state index contributed by atoms with van der Waals surface area (Å²) < 4.78 is 5.16. The zero-order valence-corrected chi connectivity index (χ0v) is 20.1. The number of hydrogen-bond acceptors (Lipinski definition) is 5.